The largest absolute Gasteiger partial charge is 0.308 e. The summed E-state index contributed by atoms with van der Waals surface area (Å²) in [5.41, 5.74) is 4.70. The zero-order valence-electron chi connectivity index (χ0n) is 9.66. The van der Waals surface area contributed by atoms with Gasteiger partial charge in [0.25, 0.3) is 0 Å². The average molecular weight is 232 g/mol. The van der Waals surface area contributed by atoms with E-state index in [1.54, 1.807) is 6.07 Å². The molecular formula is C12H13FN4. The number of nitrogen functional groups attached to an aromatic ring is 1. The second kappa shape index (κ2) is 4.47. The van der Waals surface area contributed by atoms with E-state index in [2.05, 4.69) is 15.4 Å². The molecule has 88 valence electrons. The van der Waals surface area contributed by atoms with E-state index in [-0.39, 0.29) is 5.82 Å². The molecule has 0 spiro atoms. The molecule has 0 atom stereocenters. The molecule has 2 aromatic rings. The van der Waals surface area contributed by atoms with Gasteiger partial charge in [0.2, 0.25) is 0 Å². The van der Waals surface area contributed by atoms with Crippen molar-refractivity contribution in [3.63, 3.8) is 0 Å². The van der Waals surface area contributed by atoms with Gasteiger partial charge in [-0.1, -0.05) is 0 Å². The molecule has 1 aromatic heterocycles. The minimum Gasteiger partial charge on any atom is -0.308 e. The number of aromatic nitrogens is 2. The van der Waals surface area contributed by atoms with Gasteiger partial charge in [-0.05, 0) is 37.6 Å². The number of benzene rings is 1. The number of hydrazine groups is 1. The fraction of sp³-hybridized carbons (Fsp3) is 0.167. The summed E-state index contributed by atoms with van der Waals surface area (Å²) in [6, 6.07) is 6.41. The lowest BCUT2D eigenvalue weighted by atomic mass is 10.1. The summed E-state index contributed by atoms with van der Waals surface area (Å²) in [5, 5.41) is 0. The average Bonchev–Trinajstić information content (AvgIpc) is 2.26. The second-order valence-electron chi connectivity index (χ2n) is 3.88. The zero-order valence-corrected chi connectivity index (χ0v) is 9.66. The molecule has 3 N–H and O–H groups in total. The number of halogens is 1. The summed E-state index contributed by atoms with van der Waals surface area (Å²) in [6.07, 6.45) is 0. The van der Waals surface area contributed by atoms with E-state index in [0.29, 0.717) is 17.2 Å². The van der Waals surface area contributed by atoms with Crippen molar-refractivity contribution >= 4 is 5.82 Å². The van der Waals surface area contributed by atoms with Gasteiger partial charge < -0.3 is 5.43 Å². The highest BCUT2D eigenvalue weighted by Gasteiger charge is 2.06. The van der Waals surface area contributed by atoms with Crippen molar-refractivity contribution in [1.82, 2.24) is 9.97 Å². The molecule has 0 saturated carbocycles. The fourth-order valence-corrected chi connectivity index (χ4v) is 1.64. The number of nitrogens with one attached hydrogen (secondary N) is 1. The number of nitrogens with two attached hydrogens (primary N) is 1. The van der Waals surface area contributed by atoms with Crippen LogP contribution in [0.3, 0.4) is 0 Å². The highest BCUT2D eigenvalue weighted by atomic mass is 19.1. The normalized spacial score (nSPS) is 10.4. The Morgan fingerprint density at radius 1 is 1.12 bits per heavy atom. The van der Waals surface area contributed by atoms with Gasteiger partial charge >= 0.3 is 0 Å². The van der Waals surface area contributed by atoms with Crippen molar-refractivity contribution in [1.29, 1.82) is 0 Å². The molecule has 0 amide bonds. The Morgan fingerprint density at radius 2 is 1.88 bits per heavy atom. The molecule has 17 heavy (non-hydrogen) atoms. The molecule has 4 nitrogen and oxygen atoms in total. The number of hydrogen-bond donors (Lipinski definition) is 2. The van der Waals surface area contributed by atoms with Crippen molar-refractivity contribution in [3.8, 4) is 11.4 Å². The predicted octanol–water partition coefficient (Wildman–Crippen LogP) is 2.19. The topological polar surface area (TPSA) is 63.8 Å². The predicted molar refractivity (Wildman–Crippen MR) is 64.7 cm³/mol. The zero-order chi connectivity index (χ0) is 12.4. The first-order chi connectivity index (χ1) is 8.08. The van der Waals surface area contributed by atoms with E-state index in [4.69, 9.17) is 5.84 Å². The maximum atomic E-state index is 13.3. The highest BCUT2D eigenvalue weighted by molar-refractivity contribution is 5.58. The maximum Gasteiger partial charge on any atom is 0.161 e. The van der Waals surface area contributed by atoms with Gasteiger partial charge in [-0.3, -0.25) is 0 Å². The summed E-state index contributed by atoms with van der Waals surface area (Å²) in [6.45, 7) is 3.66. The summed E-state index contributed by atoms with van der Waals surface area (Å²) in [7, 11) is 0. The van der Waals surface area contributed by atoms with Crippen LogP contribution >= 0.6 is 0 Å². The summed E-state index contributed by atoms with van der Waals surface area (Å²) in [4.78, 5) is 8.45. The van der Waals surface area contributed by atoms with E-state index in [0.717, 1.165) is 11.3 Å². The Hall–Kier alpha value is -2.01. The van der Waals surface area contributed by atoms with Gasteiger partial charge in [0.05, 0.1) is 0 Å². The third kappa shape index (κ3) is 2.57. The van der Waals surface area contributed by atoms with Crippen LogP contribution in [-0.2, 0) is 0 Å². The molecule has 1 aromatic carbocycles. The number of hydrogen-bond acceptors (Lipinski definition) is 4. The van der Waals surface area contributed by atoms with E-state index in [9.17, 15) is 4.39 Å². The molecule has 0 aliphatic carbocycles. The van der Waals surface area contributed by atoms with Gasteiger partial charge in [0, 0.05) is 17.3 Å². The van der Waals surface area contributed by atoms with Gasteiger partial charge in [-0.25, -0.2) is 20.2 Å². The monoisotopic (exact) mass is 232 g/mol. The number of nitrogens with zero attached hydrogens (tertiary/aromatic N) is 2. The van der Waals surface area contributed by atoms with Crippen LogP contribution in [0.25, 0.3) is 11.4 Å². The lowest BCUT2D eigenvalue weighted by Gasteiger charge is -2.06. The van der Waals surface area contributed by atoms with Crippen molar-refractivity contribution in [2.45, 2.75) is 13.8 Å². The Kier molecular flexibility index (Phi) is 3.01. The van der Waals surface area contributed by atoms with Crippen molar-refractivity contribution in [3.05, 3.63) is 41.3 Å². The van der Waals surface area contributed by atoms with Gasteiger partial charge in [-0.2, -0.15) is 0 Å². The molecule has 5 heteroatoms. The van der Waals surface area contributed by atoms with Crippen LogP contribution in [-0.4, -0.2) is 9.97 Å². The third-order valence-electron chi connectivity index (χ3n) is 2.30. The van der Waals surface area contributed by atoms with Gasteiger partial charge in [0.1, 0.15) is 11.6 Å². The lowest BCUT2D eigenvalue weighted by molar-refractivity contribution is 0.627. The first kappa shape index (κ1) is 11.5. The molecule has 0 fully saturated rings. The molecule has 0 saturated heterocycles. The van der Waals surface area contributed by atoms with Crippen LogP contribution in [0.1, 0.15) is 11.3 Å². The van der Waals surface area contributed by atoms with E-state index in [1.165, 1.54) is 12.1 Å². The summed E-state index contributed by atoms with van der Waals surface area (Å²) >= 11 is 0. The van der Waals surface area contributed by atoms with E-state index < -0.39 is 0 Å². The quantitative estimate of drug-likeness (QED) is 0.615. The van der Waals surface area contributed by atoms with Crippen LogP contribution in [0, 0.1) is 19.7 Å². The third-order valence-corrected chi connectivity index (χ3v) is 2.30. The van der Waals surface area contributed by atoms with Gasteiger partial charge in [0.15, 0.2) is 5.82 Å². The van der Waals surface area contributed by atoms with Crippen LogP contribution in [0.2, 0.25) is 0 Å². The Labute approximate surface area is 98.7 Å². The van der Waals surface area contributed by atoms with Crippen LogP contribution < -0.4 is 11.3 Å². The number of rotatable bonds is 2. The molecule has 0 radical (unpaired) electrons. The molecule has 0 aliphatic heterocycles. The lowest BCUT2D eigenvalue weighted by Crippen LogP contribution is -2.10. The SMILES string of the molecule is Cc1cc(F)cc(-c2nc(C)cc(NN)n2)c1. The molecule has 0 aliphatic rings. The first-order valence-corrected chi connectivity index (χ1v) is 5.18. The number of anilines is 1. The van der Waals surface area contributed by atoms with E-state index >= 15 is 0 Å². The standard InChI is InChI=1S/C12H13FN4/c1-7-3-9(6-10(13)4-7)12-15-8(2)5-11(16-12)17-14/h3-6H,14H2,1-2H3,(H,15,16,17). The Morgan fingerprint density at radius 3 is 2.53 bits per heavy atom. The van der Waals surface area contributed by atoms with Crippen LogP contribution in [0.5, 0.6) is 0 Å². The van der Waals surface area contributed by atoms with Crippen molar-refractivity contribution < 1.29 is 4.39 Å². The minimum absolute atomic E-state index is 0.299. The fourth-order valence-electron chi connectivity index (χ4n) is 1.64. The Bertz CT molecular complexity index is 534. The molecule has 0 unspecified atom stereocenters. The first-order valence-electron chi connectivity index (χ1n) is 5.18. The minimum atomic E-state index is -0.299. The highest BCUT2D eigenvalue weighted by Crippen LogP contribution is 2.20. The molecular weight excluding hydrogens is 219 g/mol. The number of aryl methyl sites for hydroxylation is 2. The molecule has 1 heterocycles. The Balaban J connectivity index is 2.55. The summed E-state index contributed by atoms with van der Waals surface area (Å²) in [5.74, 6) is 5.98. The van der Waals surface area contributed by atoms with Crippen LogP contribution in [0.15, 0.2) is 24.3 Å². The molecule has 0 bridgehead atoms. The molecule has 2 rings (SSSR count). The van der Waals surface area contributed by atoms with E-state index in [1.807, 2.05) is 19.9 Å². The maximum absolute atomic E-state index is 13.3. The summed E-state index contributed by atoms with van der Waals surface area (Å²) < 4.78 is 13.3. The van der Waals surface area contributed by atoms with Gasteiger partial charge in [-0.15, -0.1) is 0 Å². The smallest absolute Gasteiger partial charge is 0.161 e. The van der Waals surface area contributed by atoms with Crippen molar-refractivity contribution in [2.24, 2.45) is 5.84 Å². The second-order valence-corrected chi connectivity index (χ2v) is 3.88. The van der Waals surface area contributed by atoms with Crippen LogP contribution in [0.4, 0.5) is 10.2 Å². The van der Waals surface area contributed by atoms with Crippen molar-refractivity contribution in [2.75, 3.05) is 5.43 Å².